The summed E-state index contributed by atoms with van der Waals surface area (Å²) < 4.78 is 33.9. The van der Waals surface area contributed by atoms with Crippen LogP contribution in [-0.2, 0) is 11.3 Å². The predicted octanol–water partition coefficient (Wildman–Crippen LogP) is 7.55. The zero-order chi connectivity index (χ0) is 19.9. The van der Waals surface area contributed by atoms with Gasteiger partial charge >= 0.3 is 0 Å². The van der Waals surface area contributed by atoms with E-state index in [4.69, 9.17) is 4.74 Å². The van der Waals surface area contributed by atoms with Crippen LogP contribution in [0, 0.1) is 29.4 Å². The molecule has 3 rings (SSSR count). The smallest absolute Gasteiger partial charge is 0.131 e. The molecule has 0 amide bonds. The maximum Gasteiger partial charge on any atom is 0.131 e. The van der Waals surface area contributed by atoms with Crippen molar-refractivity contribution in [2.75, 3.05) is 6.61 Å². The Morgan fingerprint density at radius 3 is 2.00 bits per heavy atom. The highest BCUT2D eigenvalue weighted by atomic mass is 19.1. The highest BCUT2D eigenvalue weighted by molar-refractivity contribution is 5.28. The van der Waals surface area contributed by atoms with Crippen LogP contribution >= 0.6 is 0 Å². The molecule has 1 aromatic carbocycles. The van der Waals surface area contributed by atoms with E-state index in [-0.39, 0.29) is 12.2 Å². The van der Waals surface area contributed by atoms with E-state index >= 15 is 0 Å². The van der Waals surface area contributed by atoms with Crippen molar-refractivity contribution in [1.29, 1.82) is 0 Å². The van der Waals surface area contributed by atoms with Crippen molar-refractivity contribution in [1.82, 2.24) is 0 Å². The van der Waals surface area contributed by atoms with E-state index < -0.39 is 11.6 Å². The Balaban J connectivity index is 1.52. The molecule has 28 heavy (non-hydrogen) atoms. The molecular weight excluding hydrogens is 354 g/mol. The summed E-state index contributed by atoms with van der Waals surface area (Å²) in [7, 11) is 0. The Labute approximate surface area is 169 Å². The fourth-order valence-corrected chi connectivity index (χ4v) is 5.26. The van der Waals surface area contributed by atoms with Gasteiger partial charge in [-0.2, -0.15) is 0 Å². The first kappa shape index (κ1) is 21.5. The Morgan fingerprint density at radius 1 is 0.893 bits per heavy atom. The fourth-order valence-electron chi connectivity index (χ4n) is 5.26. The van der Waals surface area contributed by atoms with Crippen molar-refractivity contribution >= 4 is 0 Å². The number of allylic oxidation sites excluding steroid dienone is 2. The van der Waals surface area contributed by atoms with Crippen molar-refractivity contribution in [3.8, 4) is 0 Å². The second-order valence-electron chi connectivity index (χ2n) is 8.72. The van der Waals surface area contributed by atoms with E-state index in [1.807, 2.05) is 6.92 Å². The van der Waals surface area contributed by atoms with Crippen LogP contribution in [0.3, 0.4) is 0 Å². The van der Waals surface area contributed by atoms with Crippen LogP contribution in [0.4, 0.5) is 8.78 Å². The lowest BCUT2D eigenvalue weighted by atomic mass is 9.68. The highest BCUT2D eigenvalue weighted by Crippen LogP contribution is 2.44. The van der Waals surface area contributed by atoms with Crippen LogP contribution in [0.25, 0.3) is 0 Å². The Bertz CT molecular complexity index is 615. The predicted molar refractivity (Wildman–Crippen MR) is 111 cm³/mol. The molecule has 0 saturated heterocycles. The normalized spacial score (nSPS) is 28.7. The highest BCUT2D eigenvalue weighted by Gasteiger charge is 2.31. The van der Waals surface area contributed by atoms with E-state index in [2.05, 4.69) is 19.1 Å². The summed E-state index contributed by atoms with van der Waals surface area (Å²) in [5.74, 6) is 1.83. The molecule has 2 fully saturated rings. The number of hydrogen-bond donors (Lipinski definition) is 0. The van der Waals surface area contributed by atoms with Gasteiger partial charge in [0.05, 0.1) is 6.61 Å². The molecule has 0 radical (unpaired) electrons. The Hall–Kier alpha value is -1.22. The van der Waals surface area contributed by atoms with Gasteiger partial charge in [0.15, 0.2) is 0 Å². The van der Waals surface area contributed by atoms with Crippen LogP contribution in [-0.4, -0.2) is 6.61 Å². The SMILES string of the molecule is CC/C=C/C1CCC([C@H]2CC[C@H](c3cc(F)c(COCC)c(F)c3)CC2)CC1. The van der Waals surface area contributed by atoms with E-state index in [0.717, 1.165) is 42.6 Å². The third kappa shape index (κ3) is 5.43. The van der Waals surface area contributed by atoms with E-state index in [1.54, 1.807) is 12.1 Å². The molecule has 0 heterocycles. The van der Waals surface area contributed by atoms with Crippen molar-refractivity contribution in [2.24, 2.45) is 17.8 Å². The fraction of sp³-hybridized carbons (Fsp3) is 0.680. The van der Waals surface area contributed by atoms with Crippen molar-refractivity contribution in [3.05, 3.63) is 47.0 Å². The third-order valence-electron chi connectivity index (χ3n) is 6.98. The number of benzene rings is 1. The van der Waals surface area contributed by atoms with E-state index in [9.17, 15) is 8.78 Å². The molecule has 0 aliphatic heterocycles. The van der Waals surface area contributed by atoms with Gasteiger partial charge in [-0.3, -0.25) is 0 Å². The molecule has 156 valence electrons. The average Bonchev–Trinajstić information content (AvgIpc) is 2.72. The molecular formula is C25H36F2O. The number of hydrogen-bond acceptors (Lipinski definition) is 1. The first-order valence-electron chi connectivity index (χ1n) is 11.3. The van der Waals surface area contributed by atoms with E-state index in [1.165, 1.54) is 38.5 Å². The van der Waals surface area contributed by atoms with Gasteiger partial charge in [0.25, 0.3) is 0 Å². The van der Waals surface area contributed by atoms with Crippen LogP contribution < -0.4 is 0 Å². The minimum atomic E-state index is -0.455. The van der Waals surface area contributed by atoms with Gasteiger partial charge in [-0.05, 0) is 106 Å². The number of ether oxygens (including phenoxy) is 1. The molecule has 0 atom stereocenters. The topological polar surface area (TPSA) is 9.23 Å². The summed E-state index contributed by atoms with van der Waals surface area (Å²) in [5, 5.41) is 0. The third-order valence-corrected chi connectivity index (χ3v) is 6.98. The maximum atomic E-state index is 14.4. The summed E-state index contributed by atoms with van der Waals surface area (Å²) in [6.07, 6.45) is 15.8. The second kappa shape index (κ2) is 10.5. The van der Waals surface area contributed by atoms with Crippen molar-refractivity contribution < 1.29 is 13.5 Å². The largest absolute Gasteiger partial charge is 0.377 e. The van der Waals surface area contributed by atoms with Gasteiger partial charge < -0.3 is 4.74 Å². The molecule has 3 heteroatoms. The molecule has 2 aliphatic carbocycles. The lowest BCUT2D eigenvalue weighted by Gasteiger charge is -2.37. The summed E-state index contributed by atoms with van der Waals surface area (Å²) in [6.45, 7) is 4.50. The van der Waals surface area contributed by atoms with Crippen molar-refractivity contribution in [3.63, 3.8) is 0 Å². The monoisotopic (exact) mass is 390 g/mol. The maximum absolute atomic E-state index is 14.4. The van der Waals surface area contributed by atoms with Gasteiger partial charge in [0.1, 0.15) is 11.6 Å². The van der Waals surface area contributed by atoms with Crippen molar-refractivity contribution in [2.45, 2.75) is 84.2 Å². The zero-order valence-electron chi connectivity index (χ0n) is 17.6. The summed E-state index contributed by atoms with van der Waals surface area (Å²) in [6, 6.07) is 3.10. The van der Waals surface area contributed by atoms with Crippen LogP contribution in [0.2, 0.25) is 0 Å². The molecule has 2 aliphatic rings. The van der Waals surface area contributed by atoms with Gasteiger partial charge in [0, 0.05) is 12.2 Å². The standard InChI is InChI=1S/C25H36F2O/c1-3-5-6-18-7-9-19(10-8-18)20-11-13-21(14-12-20)22-15-24(26)23(17-28-4-2)25(27)16-22/h5-6,15-16,18-21H,3-4,7-14,17H2,1-2H3/b6-5+/t18?,19?,20-,21-. The molecule has 0 bridgehead atoms. The summed E-state index contributed by atoms with van der Waals surface area (Å²) >= 11 is 0. The lowest BCUT2D eigenvalue weighted by molar-refractivity contribution is 0.128. The minimum absolute atomic E-state index is 0.0112. The number of rotatable bonds is 7. The van der Waals surface area contributed by atoms with Crippen LogP contribution in [0.1, 0.15) is 88.7 Å². The first-order chi connectivity index (χ1) is 13.6. The molecule has 0 spiro atoms. The first-order valence-corrected chi connectivity index (χ1v) is 11.3. The molecule has 0 N–H and O–H groups in total. The lowest BCUT2D eigenvalue weighted by Crippen LogP contribution is -2.25. The van der Waals surface area contributed by atoms with Gasteiger partial charge in [-0.15, -0.1) is 0 Å². The quantitative estimate of drug-likeness (QED) is 0.437. The zero-order valence-corrected chi connectivity index (χ0v) is 17.6. The van der Waals surface area contributed by atoms with Gasteiger partial charge in [-0.1, -0.05) is 19.1 Å². The second-order valence-corrected chi connectivity index (χ2v) is 8.72. The molecule has 2 saturated carbocycles. The molecule has 0 aromatic heterocycles. The molecule has 1 nitrogen and oxygen atoms in total. The number of halogens is 2. The Morgan fingerprint density at radius 2 is 1.46 bits per heavy atom. The van der Waals surface area contributed by atoms with Crippen LogP contribution in [0.5, 0.6) is 0 Å². The van der Waals surface area contributed by atoms with Gasteiger partial charge in [-0.25, -0.2) is 8.78 Å². The molecule has 1 aromatic rings. The van der Waals surface area contributed by atoms with E-state index in [0.29, 0.717) is 12.5 Å². The Kier molecular flexibility index (Phi) is 8.08. The summed E-state index contributed by atoms with van der Waals surface area (Å²) in [4.78, 5) is 0. The van der Waals surface area contributed by atoms with Crippen LogP contribution in [0.15, 0.2) is 24.3 Å². The minimum Gasteiger partial charge on any atom is -0.377 e. The average molecular weight is 391 g/mol. The van der Waals surface area contributed by atoms with Gasteiger partial charge in [0.2, 0.25) is 0 Å². The molecule has 0 unspecified atom stereocenters. The summed E-state index contributed by atoms with van der Waals surface area (Å²) in [5.41, 5.74) is 0.898.